The van der Waals surface area contributed by atoms with E-state index in [0.717, 1.165) is 4.90 Å². The highest BCUT2D eigenvalue weighted by Crippen LogP contribution is 2.32. The van der Waals surface area contributed by atoms with Crippen molar-refractivity contribution in [1.82, 2.24) is 25.2 Å². The number of benzene rings is 1. The number of aromatic nitrogens is 3. The number of nitrogens with one attached hydrogen (secondary N) is 2. The fraction of sp³-hybridized carbons (Fsp3) is 0.440. The Hall–Kier alpha value is -4.91. The third-order valence-corrected chi connectivity index (χ3v) is 6.24. The van der Waals surface area contributed by atoms with Crippen LogP contribution in [-0.4, -0.2) is 94.1 Å². The molecule has 1 aromatic heterocycles. The van der Waals surface area contributed by atoms with Crippen LogP contribution in [0.5, 0.6) is 0 Å². The van der Waals surface area contributed by atoms with E-state index in [0.29, 0.717) is 17.9 Å². The van der Waals surface area contributed by atoms with E-state index in [1.165, 1.54) is 10.7 Å². The minimum Gasteiger partial charge on any atom is -0.379 e. The van der Waals surface area contributed by atoms with Gasteiger partial charge in [0, 0.05) is 12.1 Å². The zero-order chi connectivity index (χ0) is 31.9. The smallest absolute Gasteiger partial charge is 0.379 e. The Balaban J connectivity index is 1.15. The van der Waals surface area contributed by atoms with E-state index in [2.05, 4.69) is 30.7 Å². The summed E-state index contributed by atoms with van der Waals surface area (Å²) in [6.07, 6.45) is -4.03. The molecule has 0 radical (unpaired) electrons. The molecule has 1 atom stereocenters. The van der Waals surface area contributed by atoms with Gasteiger partial charge in [0.25, 0.3) is 11.8 Å². The van der Waals surface area contributed by atoms with Crippen LogP contribution in [-0.2, 0) is 51.5 Å². The number of alkyl halides is 3. The summed E-state index contributed by atoms with van der Waals surface area (Å²) < 4.78 is 47.8. The van der Waals surface area contributed by atoms with Gasteiger partial charge in [-0.3, -0.25) is 29.4 Å². The molecule has 1 fully saturated rings. The van der Waals surface area contributed by atoms with Crippen LogP contribution in [0.2, 0.25) is 0 Å². The lowest BCUT2D eigenvalue weighted by atomic mass is 10.0. The van der Waals surface area contributed by atoms with Crippen molar-refractivity contribution in [3.05, 3.63) is 41.2 Å². The minimum atomic E-state index is -5.28. The molecule has 0 spiro atoms. The molecule has 16 nitrogen and oxygen atoms in total. The van der Waals surface area contributed by atoms with Gasteiger partial charge >= 0.3 is 18.1 Å². The maximum atomic E-state index is 13.2. The van der Waals surface area contributed by atoms with Crippen molar-refractivity contribution in [2.75, 3.05) is 31.7 Å². The zero-order valence-corrected chi connectivity index (χ0v) is 22.8. The van der Waals surface area contributed by atoms with Crippen LogP contribution in [0.3, 0.4) is 0 Å². The van der Waals surface area contributed by atoms with E-state index in [9.17, 15) is 41.9 Å². The lowest BCUT2D eigenvalue weighted by Crippen LogP contribution is -2.54. The molecule has 0 bridgehead atoms. The number of nitrogens with zero attached hydrogens (tertiary/aromatic N) is 4. The molecule has 44 heavy (non-hydrogen) atoms. The Morgan fingerprint density at radius 3 is 2.50 bits per heavy atom. The molecule has 2 aliphatic rings. The van der Waals surface area contributed by atoms with Crippen molar-refractivity contribution in [2.24, 2.45) is 0 Å². The number of rotatable bonds is 13. The minimum absolute atomic E-state index is 0.0156. The molecule has 2 N–H and O–H groups in total. The first-order valence-corrected chi connectivity index (χ1v) is 13.1. The van der Waals surface area contributed by atoms with Crippen LogP contribution in [0.25, 0.3) is 0 Å². The summed E-state index contributed by atoms with van der Waals surface area (Å²) in [5, 5.41) is 13.2. The molecule has 2 aromatic rings. The van der Waals surface area contributed by atoms with Gasteiger partial charge in [-0.15, -0.1) is 5.10 Å². The number of halogens is 3. The lowest BCUT2D eigenvalue weighted by Gasteiger charge is -2.27. The van der Waals surface area contributed by atoms with E-state index in [1.54, 1.807) is 18.3 Å². The van der Waals surface area contributed by atoms with Gasteiger partial charge in [0.1, 0.15) is 11.7 Å². The summed E-state index contributed by atoms with van der Waals surface area (Å²) in [4.78, 5) is 79.6. The summed E-state index contributed by atoms with van der Waals surface area (Å²) in [5.74, 6) is -6.28. The Morgan fingerprint density at radius 1 is 1.02 bits per heavy atom. The van der Waals surface area contributed by atoms with Gasteiger partial charge in [-0.2, -0.15) is 13.2 Å². The van der Waals surface area contributed by atoms with E-state index in [1.807, 2.05) is 0 Å². The molecule has 1 saturated heterocycles. The van der Waals surface area contributed by atoms with E-state index in [4.69, 9.17) is 9.47 Å². The van der Waals surface area contributed by atoms with Crippen LogP contribution >= 0.6 is 0 Å². The van der Waals surface area contributed by atoms with Crippen LogP contribution in [0.15, 0.2) is 24.4 Å². The first kappa shape index (κ1) is 32.0. The quantitative estimate of drug-likeness (QED) is 0.133. The fourth-order valence-electron chi connectivity index (χ4n) is 4.19. The Kier molecular flexibility index (Phi) is 10.2. The summed E-state index contributed by atoms with van der Waals surface area (Å²) in [5.41, 5.74) is 1.13. The van der Waals surface area contributed by atoms with Crippen molar-refractivity contribution < 1.29 is 61.2 Å². The second kappa shape index (κ2) is 14.0. The number of ether oxygens (including phenoxy) is 2. The van der Waals surface area contributed by atoms with Crippen LogP contribution in [0, 0.1) is 0 Å². The predicted molar refractivity (Wildman–Crippen MR) is 135 cm³/mol. The molecule has 2 aliphatic heterocycles. The number of hydrogen-bond acceptors (Lipinski definition) is 13. The standard InChI is InChI=1S/C25H25F3N6O10/c26-25(27,28)24(40)44-43-19(36)6-8-41-10-11-42-9-7-33-13-14(31-32-33)12-29-16-3-1-2-15-20(16)23(39)34(22(15)38)17-4-5-18(35)30-21(17)37/h1-3,13,17,29H,4-12H2,(H,30,35,37). The molecule has 4 amide bonds. The maximum absolute atomic E-state index is 13.2. The first-order chi connectivity index (χ1) is 21.0. The molecular weight excluding hydrogens is 601 g/mol. The van der Waals surface area contributed by atoms with Gasteiger partial charge in [-0.25, -0.2) is 24.0 Å². The second-order valence-electron chi connectivity index (χ2n) is 9.30. The lowest BCUT2D eigenvalue weighted by molar-refractivity contribution is -0.286. The molecule has 1 aromatic carbocycles. The number of amides is 4. The average Bonchev–Trinajstić information content (AvgIpc) is 3.53. The number of fused-ring (bicyclic) bond motifs is 1. The predicted octanol–water partition coefficient (Wildman–Crippen LogP) is 0.278. The van der Waals surface area contributed by atoms with E-state index < -0.39 is 54.2 Å². The molecule has 0 aliphatic carbocycles. The third-order valence-electron chi connectivity index (χ3n) is 6.24. The number of carbonyl (C=O) groups excluding carboxylic acids is 6. The molecular formula is C25H25F3N6O10. The normalized spacial score (nSPS) is 16.5. The van der Waals surface area contributed by atoms with Crippen LogP contribution in [0.4, 0.5) is 18.9 Å². The van der Waals surface area contributed by atoms with E-state index >= 15 is 0 Å². The SMILES string of the molecule is O=C1CCC(N2C(=O)c3cccc(NCc4cn(CCOCCOCCC(=O)OOC(=O)C(F)(F)F)nn4)c3C2=O)C(=O)N1. The molecule has 1 unspecified atom stereocenters. The van der Waals surface area contributed by atoms with Crippen LogP contribution in [0.1, 0.15) is 45.7 Å². The van der Waals surface area contributed by atoms with E-state index in [-0.39, 0.29) is 56.9 Å². The number of imide groups is 2. The number of hydrogen-bond donors (Lipinski definition) is 2. The van der Waals surface area contributed by atoms with Gasteiger partial charge in [-0.05, 0) is 18.6 Å². The second-order valence-corrected chi connectivity index (χ2v) is 9.30. The van der Waals surface area contributed by atoms with Gasteiger partial charge in [0.2, 0.25) is 11.8 Å². The summed E-state index contributed by atoms with van der Waals surface area (Å²) in [6, 6.07) is 3.62. The summed E-state index contributed by atoms with van der Waals surface area (Å²) >= 11 is 0. The van der Waals surface area contributed by atoms with Gasteiger partial charge in [-0.1, -0.05) is 11.3 Å². The Bertz CT molecular complexity index is 1450. The highest BCUT2D eigenvalue weighted by molar-refractivity contribution is 6.25. The third kappa shape index (κ3) is 7.92. The van der Waals surface area contributed by atoms with Crippen molar-refractivity contribution in [1.29, 1.82) is 0 Å². The molecule has 0 saturated carbocycles. The molecule has 3 heterocycles. The number of carbonyl (C=O) groups is 6. The zero-order valence-electron chi connectivity index (χ0n) is 22.8. The van der Waals surface area contributed by atoms with Gasteiger partial charge in [0.05, 0.1) is 63.3 Å². The van der Waals surface area contributed by atoms with Crippen molar-refractivity contribution in [3.8, 4) is 0 Å². The fourth-order valence-corrected chi connectivity index (χ4v) is 4.19. The van der Waals surface area contributed by atoms with Crippen molar-refractivity contribution >= 4 is 41.3 Å². The summed E-state index contributed by atoms with van der Waals surface area (Å²) in [6.45, 7) is 0.675. The Labute approximate surface area is 245 Å². The number of piperidine rings is 1. The highest BCUT2D eigenvalue weighted by atomic mass is 19.4. The largest absolute Gasteiger partial charge is 0.495 e. The van der Waals surface area contributed by atoms with Gasteiger partial charge < -0.3 is 14.8 Å². The molecule has 4 rings (SSSR count). The highest BCUT2D eigenvalue weighted by Gasteiger charge is 2.45. The topological polar surface area (TPSA) is 197 Å². The maximum Gasteiger partial charge on any atom is 0.495 e. The van der Waals surface area contributed by atoms with Crippen molar-refractivity contribution in [3.63, 3.8) is 0 Å². The first-order valence-electron chi connectivity index (χ1n) is 13.1. The summed E-state index contributed by atoms with van der Waals surface area (Å²) in [7, 11) is 0. The van der Waals surface area contributed by atoms with Gasteiger partial charge in [0.15, 0.2) is 0 Å². The molecule has 19 heteroatoms. The average molecular weight is 627 g/mol. The Morgan fingerprint density at radius 2 is 1.77 bits per heavy atom. The van der Waals surface area contributed by atoms with Crippen LogP contribution < -0.4 is 10.6 Å². The monoisotopic (exact) mass is 626 g/mol. The number of anilines is 1. The molecule has 236 valence electrons. The van der Waals surface area contributed by atoms with Crippen molar-refractivity contribution in [2.45, 2.75) is 44.6 Å².